The van der Waals surface area contributed by atoms with E-state index in [1.165, 1.54) is 4.80 Å². The van der Waals surface area contributed by atoms with Gasteiger partial charge in [-0.15, -0.1) is 10.2 Å². The van der Waals surface area contributed by atoms with E-state index in [-0.39, 0.29) is 5.92 Å². The predicted octanol–water partition coefficient (Wildman–Crippen LogP) is 0.741. The number of carbonyl (C=O) groups is 1. The lowest BCUT2D eigenvalue weighted by Crippen LogP contribution is -2.24. The van der Waals surface area contributed by atoms with Crippen molar-refractivity contribution < 1.29 is 4.79 Å². The van der Waals surface area contributed by atoms with E-state index in [4.69, 9.17) is 0 Å². The average molecular weight is 194 g/mol. The largest absolute Gasteiger partial charge is 0.299 e. The Kier molecular flexibility index (Phi) is 2.56. The van der Waals surface area contributed by atoms with Crippen LogP contribution in [0.4, 0.5) is 0 Å². The number of Topliss-reactive ketones (excluding diaryl/α,β-unsaturated/α-hetero) is 1. The monoisotopic (exact) mass is 194 g/mol. The Morgan fingerprint density at radius 2 is 2.36 bits per heavy atom. The minimum atomic E-state index is 0.109. The van der Waals surface area contributed by atoms with Gasteiger partial charge in [-0.3, -0.25) is 4.79 Å². The summed E-state index contributed by atoms with van der Waals surface area (Å²) < 4.78 is 0. The van der Waals surface area contributed by atoms with Crippen molar-refractivity contribution in [3.8, 4) is 0 Å². The Bertz CT molecular complexity index is 333. The molecule has 1 unspecified atom stereocenters. The molecule has 5 nitrogen and oxygen atoms in total. The topological polar surface area (TPSA) is 60.7 Å². The summed E-state index contributed by atoms with van der Waals surface area (Å²) in [6.45, 7) is 2.39. The van der Waals surface area contributed by atoms with Crippen molar-refractivity contribution in [1.29, 1.82) is 0 Å². The van der Waals surface area contributed by atoms with Crippen molar-refractivity contribution in [2.45, 2.75) is 39.2 Å². The molecule has 1 aromatic rings. The Morgan fingerprint density at radius 1 is 1.50 bits per heavy atom. The van der Waals surface area contributed by atoms with Crippen LogP contribution in [0.25, 0.3) is 0 Å². The first kappa shape index (κ1) is 9.30. The van der Waals surface area contributed by atoms with E-state index in [1.807, 2.05) is 0 Å². The van der Waals surface area contributed by atoms with Crippen LogP contribution in [0.1, 0.15) is 31.5 Å². The molecule has 1 aliphatic carbocycles. The molecule has 14 heavy (non-hydrogen) atoms. The van der Waals surface area contributed by atoms with Gasteiger partial charge in [-0.05, 0) is 25.0 Å². The van der Waals surface area contributed by atoms with Crippen molar-refractivity contribution in [2.75, 3.05) is 0 Å². The number of hydrogen-bond acceptors (Lipinski definition) is 4. The van der Waals surface area contributed by atoms with Gasteiger partial charge < -0.3 is 0 Å². The molecule has 1 atom stereocenters. The molecule has 1 aliphatic rings. The van der Waals surface area contributed by atoms with Gasteiger partial charge in [-0.25, -0.2) is 0 Å². The van der Waals surface area contributed by atoms with Gasteiger partial charge >= 0.3 is 0 Å². The SMILES string of the molecule is Cc1nnn(CC2CCCCC2=O)n1. The molecule has 76 valence electrons. The molecule has 1 aromatic heterocycles. The maximum absolute atomic E-state index is 11.5. The molecule has 0 radical (unpaired) electrons. The molecule has 2 rings (SSSR count). The number of aromatic nitrogens is 4. The van der Waals surface area contributed by atoms with Crippen LogP contribution in [-0.4, -0.2) is 26.0 Å². The van der Waals surface area contributed by atoms with Gasteiger partial charge in [0.25, 0.3) is 0 Å². The van der Waals surface area contributed by atoms with E-state index in [2.05, 4.69) is 15.4 Å². The van der Waals surface area contributed by atoms with Gasteiger partial charge in [0.2, 0.25) is 0 Å². The quantitative estimate of drug-likeness (QED) is 0.696. The summed E-state index contributed by atoms with van der Waals surface area (Å²) in [7, 11) is 0. The highest BCUT2D eigenvalue weighted by Gasteiger charge is 2.23. The predicted molar refractivity (Wildman–Crippen MR) is 49.5 cm³/mol. The first-order valence-electron chi connectivity index (χ1n) is 5.03. The Morgan fingerprint density at radius 3 is 3.00 bits per heavy atom. The smallest absolute Gasteiger partial charge is 0.171 e. The molecule has 0 amide bonds. The molecular formula is C9H14N4O. The molecule has 0 N–H and O–H groups in total. The number of rotatable bonds is 2. The van der Waals surface area contributed by atoms with E-state index in [1.54, 1.807) is 6.92 Å². The number of tetrazole rings is 1. The summed E-state index contributed by atoms with van der Waals surface area (Å²) in [5.74, 6) is 1.12. The molecular weight excluding hydrogens is 180 g/mol. The van der Waals surface area contributed by atoms with Crippen molar-refractivity contribution in [2.24, 2.45) is 5.92 Å². The molecule has 0 spiro atoms. The van der Waals surface area contributed by atoms with Crippen LogP contribution >= 0.6 is 0 Å². The third-order valence-corrected chi connectivity index (χ3v) is 2.62. The second kappa shape index (κ2) is 3.86. The molecule has 1 fully saturated rings. The molecule has 0 bridgehead atoms. The van der Waals surface area contributed by atoms with Crippen LogP contribution in [-0.2, 0) is 11.3 Å². The maximum atomic E-state index is 11.5. The number of ketones is 1. The number of hydrogen-bond donors (Lipinski definition) is 0. The van der Waals surface area contributed by atoms with Crippen LogP contribution in [0.3, 0.4) is 0 Å². The fourth-order valence-corrected chi connectivity index (χ4v) is 1.85. The number of nitrogens with zero attached hydrogens (tertiary/aromatic N) is 4. The zero-order valence-electron chi connectivity index (χ0n) is 8.31. The second-order valence-electron chi connectivity index (χ2n) is 3.80. The van der Waals surface area contributed by atoms with Crippen molar-refractivity contribution >= 4 is 5.78 Å². The Labute approximate surface area is 82.5 Å². The van der Waals surface area contributed by atoms with Gasteiger partial charge in [0, 0.05) is 12.3 Å². The van der Waals surface area contributed by atoms with Gasteiger partial charge in [0.05, 0.1) is 6.54 Å². The highest BCUT2D eigenvalue weighted by atomic mass is 16.1. The lowest BCUT2D eigenvalue weighted by atomic mass is 9.88. The summed E-state index contributed by atoms with van der Waals surface area (Å²) in [4.78, 5) is 13.0. The molecule has 5 heteroatoms. The van der Waals surface area contributed by atoms with Gasteiger partial charge in [0.15, 0.2) is 5.82 Å². The standard InChI is InChI=1S/C9H14N4O/c1-7-10-12-13(11-7)6-8-4-2-3-5-9(8)14/h8H,2-6H2,1H3. The summed E-state index contributed by atoms with van der Waals surface area (Å²) in [6, 6.07) is 0. The maximum Gasteiger partial charge on any atom is 0.171 e. The highest BCUT2D eigenvalue weighted by Crippen LogP contribution is 2.21. The summed E-state index contributed by atoms with van der Waals surface area (Å²) in [5.41, 5.74) is 0. The fourth-order valence-electron chi connectivity index (χ4n) is 1.85. The molecule has 1 saturated carbocycles. The zero-order chi connectivity index (χ0) is 9.97. The van der Waals surface area contributed by atoms with E-state index in [9.17, 15) is 4.79 Å². The minimum absolute atomic E-state index is 0.109. The van der Waals surface area contributed by atoms with Crippen molar-refractivity contribution in [3.63, 3.8) is 0 Å². The summed E-state index contributed by atoms with van der Waals surface area (Å²) >= 11 is 0. The summed E-state index contributed by atoms with van der Waals surface area (Å²) in [5, 5.41) is 11.7. The van der Waals surface area contributed by atoms with E-state index in [0.29, 0.717) is 18.2 Å². The Balaban J connectivity index is 1.99. The molecule has 0 aromatic carbocycles. The lowest BCUT2D eigenvalue weighted by molar-refractivity contribution is -0.125. The number of carbonyl (C=O) groups excluding carboxylic acids is 1. The third-order valence-electron chi connectivity index (χ3n) is 2.62. The average Bonchev–Trinajstić information content (AvgIpc) is 2.56. The number of aryl methyl sites for hydroxylation is 1. The minimum Gasteiger partial charge on any atom is -0.299 e. The normalized spacial score (nSPS) is 22.6. The fraction of sp³-hybridized carbons (Fsp3) is 0.778. The van der Waals surface area contributed by atoms with Crippen molar-refractivity contribution in [3.05, 3.63) is 5.82 Å². The molecule has 1 heterocycles. The van der Waals surface area contributed by atoms with E-state index < -0.39 is 0 Å². The van der Waals surface area contributed by atoms with Crippen molar-refractivity contribution in [1.82, 2.24) is 20.2 Å². The Hall–Kier alpha value is -1.26. The molecule has 0 saturated heterocycles. The third kappa shape index (κ3) is 1.97. The van der Waals surface area contributed by atoms with Crippen LogP contribution in [0.2, 0.25) is 0 Å². The summed E-state index contributed by atoms with van der Waals surface area (Å²) in [6.07, 6.45) is 3.88. The molecule has 0 aliphatic heterocycles. The van der Waals surface area contributed by atoms with Crippen LogP contribution in [0.15, 0.2) is 0 Å². The lowest BCUT2D eigenvalue weighted by Gasteiger charge is -2.18. The van der Waals surface area contributed by atoms with Gasteiger partial charge in [0.1, 0.15) is 5.78 Å². The first-order valence-corrected chi connectivity index (χ1v) is 5.03. The van der Waals surface area contributed by atoms with Crippen LogP contribution < -0.4 is 0 Å². The van der Waals surface area contributed by atoms with Gasteiger partial charge in [-0.1, -0.05) is 6.42 Å². The van der Waals surface area contributed by atoms with E-state index >= 15 is 0 Å². The van der Waals surface area contributed by atoms with E-state index in [0.717, 1.165) is 25.7 Å². The van der Waals surface area contributed by atoms with Gasteiger partial charge in [-0.2, -0.15) is 4.80 Å². The van der Waals surface area contributed by atoms with Crippen LogP contribution in [0, 0.1) is 12.8 Å². The zero-order valence-corrected chi connectivity index (χ0v) is 8.31. The first-order chi connectivity index (χ1) is 6.75. The highest BCUT2D eigenvalue weighted by molar-refractivity contribution is 5.81. The van der Waals surface area contributed by atoms with Crippen LogP contribution in [0.5, 0.6) is 0 Å². The second-order valence-corrected chi connectivity index (χ2v) is 3.80.